The molecule has 0 saturated carbocycles. The Labute approximate surface area is 105 Å². The summed E-state index contributed by atoms with van der Waals surface area (Å²) in [6.45, 7) is 2.51. The molecule has 7 nitrogen and oxygen atoms in total. The van der Waals surface area contributed by atoms with E-state index >= 15 is 0 Å². The number of thiazole rings is 1. The lowest BCUT2D eigenvalue weighted by molar-refractivity contribution is 0.660. The van der Waals surface area contributed by atoms with E-state index in [0.717, 1.165) is 4.88 Å². The predicted octanol–water partition coefficient (Wildman–Crippen LogP) is 0.626. The molecule has 0 aliphatic carbocycles. The maximum absolute atomic E-state index is 11.3. The average Bonchev–Trinajstić information content (AvgIpc) is 2.92. The topological polar surface area (TPSA) is 102 Å². The summed E-state index contributed by atoms with van der Waals surface area (Å²) in [7, 11) is 0. The molecule has 92 valence electrons. The highest BCUT2D eigenvalue weighted by Crippen LogP contribution is 2.25. The summed E-state index contributed by atoms with van der Waals surface area (Å²) in [6.07, 6.45) is 1.76. The van der Waals surface area contributed by atoms with Gasteiger partial charge in [-0.05, 0) is 6.92 Å². The van der Waals surface area contributed by atoms with Crippen molar-refractivity contribution in [3.63, 3.8) is 0 Å². The standard InChI is InChI=1S/C8H12N6OS2/c1-2-14-7(15)12-13-8(14)16-4-5-3-10-6(11-9)17-5/h3H,2,4,9H2,1H3,(H,10,11)(H,12,15). The first-order valence-electron chi connectivity index (χ1n) is 4.94. The molecule has 0 spiro atoms. The number of nitrogens with two attached hydrogens (primary N) is 1. The van der Waals surface area contributed by atoms with Crippen molar-refractivity contribution in [2.45, 2.75) is 24.4 Å². The maximum atomic E-state index is 11.3. The number of anilines is 1. The fraction of sp³-hybridized carbons (Fsp3) is 0.375. The molecule has 0 radical (unpaired) electrons. The first-order chi connectivity index (χ1) is 8.24. The van der Waals surface area contributed by atoms with Crippen LogP contribution in [-0.2, 0) is 12.3 Å². The van der Waals surface area contributed by atoms with E-state index in [1.165, 1.54) is 23.1 Å². The molecule has 2 aromatic rings. The Bertz CT molecular complexity index is 544. The quantitative estimate of drug-likeness (QED) is 0.419. The third-order valence-electron chi connectivity index (χ3n) is 2.06. The number of nitrogen functional groups attached to an aromatic ring is 1. The van der Waals surface area contributed by atoms with Crippen LogP contribution in [0.4, 0.5) is 5.13 Å². The molecule has 2 rings (SSSR count). The fourth-order valence-electron chi connectivity index (χ4n) is 1.27. The van der Waals surface area contributed by atoms with E-state index < -0.39 is 0 Å². The minimum atomic E-state index is -0.177. The Kier molecular flexibility index (Phi) is 3.82. The van der Waals surface area contributed by atoms with Gasteiger partial charge in [0.25, 0.3) is 0 Å². The molecule has 0 aliphatic rings. The Morgan fingerprint density at radius 2 is 2.53 bits per heavy atom. The van der Waals surface area contributed by atoms with Crippen LogP contribution >= 0.6 is 23.1 Å². The molecular formula is C8H12N6OS2. The van der Waals surface area contributed by atoms with Crippen molar-refractivity contribution in [1.82, 2.24) is 19.7 Å². The van der Waals surface area contributed by atoms with Crippen LogP contribution in [0, 0.1) is 0 Å². The van der Waals surface area contributed by atoms with Gasteiger partial charge in [-0.25, -0.2) is 20.7 Å². The fourth-order valence-corrected chi connectivity index (χ4v) is 3.02. The minimum absolute atomic E-state index is 0.177. The summed E-state index contributed by atoms with van der Waals surface area (Å²) in [6, 6.07) is 0. The molecule has 0 aromatic carbocycles. The zero-order valence-corrected chi connectivity index (χ0v) is 10.8. The molecule has 2 aromatic heterocycles. The van der Waals surface area contributed by atoms with Gasteiger partial charge in [0, 0.05) is 23.4 Å². The van der Waals surface area contributed by atoms with Gasteiger partial charge in [-0.15, -0.1) is 16.4 Å². The lowest BCUT2D eigenvalue weighted by Gasteiger charge is -1.99. The SMILES string of the molecule is CCn1c(SCc2cnc(NN)s2)n[nH]c1=O. The third kappa shape index (κ3) is 2.68. The molecule has 0 saturated heterocycles. The van der Waals surface area contributed by atoms with Crippen molar-refractivity contribution in [3.8, 4) is 0 Å². The van der Waals surface area contributed by atoms with E-state index in [1.54, 1.807) is 10.8 Å². The second kappa shape index (κ2) is 5.34. The van der Waals surface area contributed by atoms with E-state index in [-0.39, 0.29) is 5.69 Å². The highest BCUT2D eigenvalue weighted by molar-refractivity contribution is 7.98. The van der Waals surface area contributed by atoms with Crippen molar-refractivity contribution in [2.75, 3.05) is 5.43 Å². The normalized spacial score (nSPS) is 10.7. The van der Waals surface area contributed by atoms with E-state index in [1.807, 2.05) is 6.92 Å². The number of rotatable bonds is 5. The van der Waals surface area contributed by atoms with Crippen LogP contribution in [0.3, 0.4) is 0 Å². The molecule has 0 amide bonds. The number of hydrogen-bond donors (Lipinski definition) is 3. The van der Waals surface area contributed by atoms with Crippen molar-refractivity contribution in [3.05, 3.63) is 21.6 Å². The van der Waals surface area contributed by atoms with Gasteiger partial charge in [0.05, 0.1) is 0 Å². The Hall–Kier alpha value is -1.32. The number of H-pyrrole nitrogens is 1. The summed E-state index contributed by atoms with van der Waals surface area (Å²) in [5.41, 5.74) is 2.32. The van der Waals surface area contributed by atoms with E-state index in [4.69, 9.17) is 5.84 Å². The Morgan fingerprint density at radius 1 is 1.71 bits per heavy atom. The second-order valence-electron chi connectivity index (χ2n) is 3.12. The molecule has 0 fully saturated rings. The van der Waals surface area contributed by atoms with Crippen molar-refractivity contribution in [1.29, 1.82) is 0 Å². The molecule has 0 aliphatic heterocycles. The molecule has 2 heterocycles. The summed E-state index contributed by atoms with van der Waals surface area (Å²) in [5.74, 6) is 5.96. The first-order valence-corrected chi connectivity index (χ1v) is 6.74. The number of hydrazine groups is 1. The highest BCUT2D eigenvalue weighted by atomic mass is 32.2. The van der Waals surface area contributed by atoms with Crippen LogP contribution < -0.4 is 17.0 Å². The van der Waals surface area contributed by atoms with Gasteiger partial charge >= 0.3 is 5.69 Å². The van der Waals surface area contributed by atoms with Gasteiger partial charge in [0.1, 0.15) is 0 Å². The molecular weight excluding hydrogens is 260 g/mol. The van der Waals surface area contributed by atoms with E-state index in [0.29, 0.717) is 22.6 Å². The zero-order chi connectivity index (χ0) is 12.3. The van der Waals surface area contributed by atoms with Gasteiger partial charge < -0.3 is 0 Å². The number of nitrogens with zero attached hydrogens (tertiary/aromatic N) is 3. The average molecular weight is 272 g/mol. The second-order valence-corrected chi connectivity index (χ2v) is 5.18. The summed E-state index contributed by atoms with van der Waals surface area (Å²) in [4.78, 5) is 16.5. The minimum Gasteiger partial charge on any atom is -0.300 e. The van der Waals surface area contributed by atoms with Crippen LogP contribution in [0.1, 0.15) is 11.8 Å². The smallest absolute Gasteiger partial charge is 0.300 e. The summed E-state index contributed by atoms with van der Waals surface area (Å²) >= 11 is 2.97. The number of nitrogens with one attached hydrogen (secondary N) is 2. The highest BCUT2D eigenvalue weighted by Gasteiger charge is 2.08. The van der Waals surface area contributed by atoms with Crippen molar-refractivity contribution >= 4 is 28.2 Å². The largest absolute Gasteiger partial charge is 0.343 e. The van der Waals surface area contributed by atoms with Gasteiger partial charge in [-0.3, -0.25) is 9.99 Å². The molecule has 4 N–H and O–H groups in total. The number of thioether (sulfide) groups is 1. The lowest BCUT2D eigenvalue weighted by Crippen LogP contribution is -2.16. The van der Waals surface area contributed by atoms with Crippen LogP contribution in [0.25, 0.3) is 0 Å². The Morgan fingerprint density at radius 3 is 3.18 bits per heavy atom. The zero-order valence-electron chi connectivity index (χ0n) is 9.14. The third-order valence-corrected chi connectivity index (χ3v) is 4.20. The van der Waals surface area contributed by atoms with Gasteiger partial charge in [0.15, 0.2) is 10.3 Å². The molecule has 9 heteroatoms. The van der Waals surface area contributed by atoms with Gasteiger partial charge in [-0.2, -0.15) is 0 Å². The number of hydrogen-bond acceptors (Lipinski definition) is 7. The number of aromatic amines is 1. The summed E-state index contributed by atoms with van der Waals surface area (Å²) in [5, 5.41) is 7.76. The number of aromatic nitrogens is 4. The van der Waals surface area contributed by atoms with Gasteiger partial charge in [-0.1, -0.05) is 11.8 Å². The van der Waals surface area contributed by atoms with Crippen LogP contribution in [0.2, 0.25) is 0 Å². The van der Waals surface area contributed by atoms with E-state index in [2.05, 4.69) is 20.6 Å². The van der Waals surface area contributed by atoms with Crippen molar-refractivity contribution < 1.29 is 0 Å². The Balaban J connectivity index is 2.04. The van der Waals surface area contributed by atoms with E-state index in [9.17, 15) is 4.79 Å². The van der Waals surface area contributed by atoms with Crippen molar-refractivity contribution in [2.24, 2.45) is 5.84 Å². The van der Waals surface area contributed by atoms with Crippen LogP contribution in [0.15, 0.2) is 16.1 Å². The van der Waals surface area contributed by atoms with Crippen LogP contribution in [-0.4, -0.2) is 19.7 Å². The molecule has 0 unspecified atom stereocenters. The first kappa shape index (κ1) is 12.1. The predicted molar refractivity (Wildman–Crippen MR) is 68.0 cm³/mol. The lowest BCUT2D eigenvalue weighted by atomic mass is 10.6. The summed E-state index contributed by atoms with van der Waals surface area (Å²) < 4.78 is 1.59. The monoisotopic (exact) mass is 272 g/mol. The molecule has 17 heavy (non-hydrogen) atoms. The molecule has 0 bridgehead atoms. The molecule has 0 atom stereocenters. The maximum Gasteiger partial charge on any atom is 0.343 e. The van der Waals surface area contributed by atoms with Gasteiger partial charge in [0.2, 0.25) is 0 Å². The van der Waals surface area contributed by atoms with Crippen LogP contribution in [0.5, 0.6) is 0 Å².